The molecule has 0 aromatic heterocycles. The first-order valence-corrected chi connectivity index (χ1v) is 6.13. The summed E-state index contributed by atoms with van der Waals surface area (Å²) >= 11 is 0. The zero-order valence-electron chi connectivity index (χ0n) is 10.8. The van der Waals surface area contributed by atoms with Crippen molar-refractivity contribution in [3.05, 3.63) is 0 Å². The molecule has 0 spiro atoms. The number of rotatable bonds is 3. The number of nitrogens with one attached hydrogen (secondary N) is 1. The van der Waals surface area contributed by atoms with Crippen molar-refractivity contribution in [1.29, 1.82) is 0 Å². The van der Waals surface area contributed by atoms with E-state index in [1.807, 2.05) is 4.90 Å². The van der Waals surface area contributed by atoms with Crippen LogP contribution in [-0.2, 0) is 4.79 Å². The van der Waals surface area contributed by atoms with Crippen LogP contribution in [0, 0.1) is 11.3 Å². The lowest BCUT2D eigenvalue weighted by molar-refractivity contribution is -0.136. The fraction of sp³-hybridized carbons (Fsp3) is 0.917. The van der Waals surface area contributed by atoms with Gasteiger partial charge in [0.2, 0.25) is 5.91 Å². The van der Waals surface area contributed by atoms with Crippen molar-refractivity contribution in [1.82, 2.24) is 10.2 Å². The lowest BCUT2D eigenvalue weighted by Gasteiger charge is -2.32. The van der Waals surface area contributed by atoms with E-state index in [2.05, 4.69) is 26.1 Å². The highest BCUT2D eigenvalue weighted by Crippen LogP contribution is 2.25. The van der Waals surface area contributed by atoms with Crippen LogP contribution in [0.3, 0.4) is 0 Å². The minimum absolute atomic E-state index is 0.0156. The zero-order valence-corrected chi connectivity index (χ0v) is 10.8. The normalized spacial score (nSPS) is 19.6. The quantitative estimate of drug-likeness (QED) is 0.735. The average molecular weight is 227 g/mol. The summed E-state index contributed by atoms with van der Waals surface area (Å²) in [7, 11) is 0. The fourth-order valence-electron chi connectivity index (χ4n) is 2.15. The Hall–Kier alpha value is -0.610. The van der Waals surface area contributed by atoms with Gasteiger partial charge < -0.3 is 16.0 Å². The Bertz CT molecular complexity index is 229. The Labute approximate surface area is 98.6 Å². The maximum absolute atomic E-state index is 12.2. The molecular weight excluding hydrogens is 202 g/mol. The molecule has 0 bridgehead atoms. The van der Waals surface area contributed by atoms with Gasteiger partial charge in [-0.05, 0) is 11.8 Å². The van der Waals surface area contributed by atoms with E-state index in [1.54, 1.807) is 0 Å². The Kier molecular flexibility index (Phi) is 4.74. The van der Waals surface area contributed by atoms with Gasteiger partial charge in [0.05, 0.1) is 5.92 Å². The number of piperazine rings is 1. The number of nitrogens with two attached hydrogens (primary N) is 1. The summed E-state index contributed by atoms with van der Waals surface area (Å²) in [6.45, 7) is 10.4. The van der Waals surface area contributed by atoms with Crippen molar-refractivity contribution in [3.63, 3.8) is 0 Å². The van der Waals surface area contributed by atoms with E-state index in [-0.39, 0.29) is 17.2 Å². The van der Waals surface area contributed by atoms with Crippen LogP contribution in [0.4, 0.5) is 0 Å². The maximum Gasteiger partial charge on any atom is 0.227 e. The molecule has 1 rings (SSSR count). The van der Waals surface area contributed by atoms with Gasteiger partial charge in [-0.1, -0.05) is 20.8 Å². The topological polar surface area (TPSA) is 58.4 Å². The molecule has 94 valence electrons. The predicted molar refractivity (Wildman–Crippen MR) is 66.1 cm³/mol. The van der Waals surface area contributed by atoms with E-state index >= 15 is 0 Å². The Morgan fingerprint density at radius 3 is 2.38 bits per heavy atom. The Morgan fingerprint density at radius 2 is 1.94 bits per heavy atom. The van der Waals surface area contributed by atoms with Crippen LogP contribution >= 0.6 is 0 Å². The lowest BCUT2D eigenvalue weighted by atomic mass is 9.84. The molecule has 4 heteroatoms. The summed E-state index contributed by atoms with van der Waals surface area (Å²) in [6.07, 6.45) is 0.867. The summed E-state index contributed by atoms with van der Waals surface area (Å²) in [5, 5.41) is 3.25. The molecule has 1 amide bonds. The smallest absolute Gasteiger partial charge is 0.227 e. The van der Waals surface area contributed by atoms with Crippen LogP contribution in [0.1, 0.15) is 27.2 Å². The van der Waals surface area contributed by atoms with E-state index < -0.39 is 0 Å². The SMILES string of the molecule is CC(C)(C)CC(CN)C(=O)N1CCNCC1. The molecule has 0 aromatic carbocycles. The van der Waals surface area contributed by atoms with Crippen LogP contribution in [0.2, 0.25) is 0 Å². The number of hydrogen-bond acceptors (Lipinski definition) is 3. The minimum atomic E-state index is -0.0156. The molecule has 0 aliphatic carbocycles. The lowest BCUT2D eigenvalue weighted by Crippen LogP contribution is -2.50. The number of carbonyl (C=O) groups excluding carboxylic acids is 1. The second-order valence-electron chi connectivity index (χ2n) is 5.77. The molecule has 1 aliphatic rings. The molecule has 0 aromatic rings. The molecule has 1 heterocycles. The molecule has 16 heavy (non-hydrogen) atoms. The number of nitrogens with zero attached hydrogens (tertiary/aromatic N) is 1. The van der Waals surface area contributed by atoms with Crippen molar-refractivity contribution in [2.24, 2.45) is 17.1 Å². The molecule has 1 atom stereocenters. The summed E-state index contributed by atoms with van der Waals surface area (Å²) in [5.41, 5.74) is 5.88. The van der Waals surface area contributed by atoms with Crippen LogP contribution in [0.5, 0.6) is 0 Å². The van der Waals surface area contributed by atoms with Crippen molar-refractivity contribution < 1.29 is 4.79 Å². The first kappa shape index (κ1) is 13.5. The Morgan fingerprint density at radius 1 is 1.38 bits per heavy atom. The van der Waals surface area contributed by atoms with Gasteiger partial charge in [-0.25, -0.2) is 0 Å². The van der Waals surface area contributed by atoms with E-state index in [0.717, 1.165) is 32.6 Å². The second-order valence-corrected chi connectivity index (χ2v) is 5.77. The third kappa shape index (κ3) is 4.10. The highest BCUT2D eigenvalue weighted by molar-refractivity contribution is 5.79. The maximum atomic E-state index is 12.2. The van der Waals surface area contributed by atoms with Gasteiger partial charge in [-0.2, -0.15) is 0 Å². The number of hydrogen-bond donors (Lipinski definition) is 2. The van der Waals surface area contributed by atoms with E-state index in [4.69, 9.17) is 5.73 Å². The van der Waals surface area contributed by atoms with Crippen LogP contribution in [0.15, 0.2) is 0 Å². The standard InChI is InChI=1S/C12H25N3O/c1-12(2,3)8-10(9-13)11(16)15-6-4-14-5-7-15/h10,14H,4-9,13H2,1-3H3. The van der Waals surface area contributed by atoms with Gasteiger partial charge in [0.25, 0.3) is 0 Å². The zero-order chi connectivity index (χ0) is 12.2. The molecule has 1 unspecified atom stereocenters. The molecule has 3 N–H and O–H groups in total. The molecule has 0 radical (unpaired) electrons. The molecule has 1 aliphatic heterocycles. The van der Waals surface area contributed by atoms with Gasteiger partial charge in [-0.15, -0.1) is 0 Å². The monoisotopic (exact) mass is 227 g/mol. The molecule has 1 saturated heterocycles. The van der Waals surface area contributed by atoms with Crippen molar-refractivity contribution in [2.75, 3.05) is 32.7 Å². The fourth-order valence-corrected chi connectivity index (χ4v) is 2.15. The summed E-state index contributed by atoms with van der Waals surface area (Å²) < 4.78 is 0. The molecule has 1 fully saturated rings. The molecular formula is C12H25N3O. The summed E-state index contributed by atoms with van der Waals surface area (Å²) in [6, 6.07) is 0. The van der Waals surface area contributed by atoms with Gasteiger partial charge in [0.15, 0.2) is 0 Å². The number of amides is 1. The van der Waals surface area contributed by atoms with Gasteiger partial charge in [-0.3, -0.25) is 4.79 Å². The van der Waals surface area contributed by atoms with Crippen LogP contribution in [0.25, 0.3) is 0 Å². The summed E-state index contributed by atoms with van der Waals surface area (Å²) in [4.78, 5) is 14.2. The van der Waals surface area contributed by atoms with Crippen LogP contribution in [-0.4, -0.2) is 43.5 Å². The summed E-state index contributed by atoms with van der Waals surface area (Å²) in [5.74, 6) is 0.219. The minimum Gasteiger partial charge on any atom is -0.340 e. The van der Waals surface area contributed by atoms with E-state index in [0.29, 0.717) is 6.54 Å². The highest BCUT2D eigenvalue weighted by Gasteiger charge is 2.28. The van der Waals surface area contributed by atoms with Crippen molar-refractivity contribution in [2.45, 2.75) is 27.2 Å². The third-order valence-corrected chi connectivity index (χ3v) is 2.92. The molecule has 0 saturated carbocycles. The van der Waals surface area contributed by atoms with Crippen molar-refractivity contribution in [3.8, 4) is 0 Å². The largest absolute Gasteiger partial charge is 0.340 e. The predicted octanol–water partition coefficient (Wildman–Crippen LogP) is 0.429. The van der Waals surface area contributed by atoms with Crippen molar-refractivity contribution >= 4 is 5.91 Å². The van der Waals surface area contributed by atoms with E-state index in [1.165, 1.54) is 0 Å². The number of carbonyl (C=O) groups is 1. The second kappa shape index (κ2) is 5.64. The highest BCUT2D eigenvalue weighted by atomic mass is 16.2. The van der Waals surface area contributed by atoms with Gasteiger partial charge in [0.1, 0.15) is 0 Å². The van der Waals surface area contributed by atoms with Crippen LogP contribution < -0.4 is 11.1 Å². The van der Waals surface area contributed by atoms with Gasteiger partial charge in [0, 0.05) is 32.7 Å². The first-order chi connectivity index (χ1) is 7.44. The Balaban J connectivity index is 2.54. The third-order valence-electron chi connectivity index (χ3n) is 2.92. The van der Waals surface area contributed by atoms with E-state index in [9.17, 15) is 4.79 Å². The first-order valence-electron chi connectivity index (χ1n) is 6.13. The van der Waals surface area contributed by atoms with Gasteiger partial charge >= 0.3 is 0 Å². The average Bonchev–Trinajstić information content (AvgIpc) is 2.25. The molecule has 4 nitrogen and oxygen atoms in total.